The Hall–Kier alpha value is -3.23. The minimum absolute atomic E-state index is 0.246. The molecule has 2 heterocycles. The zero-order valence-electron chi connectivity index (χ0n) is 13.7. The molecule has 0 aliphatic rings. The maximum Gasteiger partial charge on any atom is 0.416 e. The van der Waals surface area contributed by atoms with Crippen LogP contribution in [0.1, 0.15) is 16.8 Å². The van der Waals surface area contributed by atoms with Gasteiger partial charge in [0.05, 0.1) is 24.0 Å². The van der Waals surface area contributed by atoms with Crippen molar-refractivity contribution in [3.63, 3.8) is 0 Å². The van der Waals surface area contributed by atoms with Gasteiger partial charge in [0.2, 0.25) is 5.91 Å². The van der Waals surface area contributed by atoms with E-state index in [4.69, 9.17) is 0 Å². The molecule has 26 heavy (non-hydrogen) atoms. The predicted molar refractivity (Wildman–Crippen MR) is 89.4 cm³/mol. The maximum atomic E-state index is 12.6. The minimum Gasteiger partial charge on any atom is -0.306 e. The zero-order chi connectivity index (χ0) is 18.9. The Morgan fingerprint density at radius 1 is 1.31 bits per heavy atom. The molecule has 0 aliphatic heterocycles. The SMILES string of the molecule is C=CC(=O)Nc1cnc2c(n1)c(C)nn2Cc1ccc(C(F)(F)F)cc1. The number of anilines is 1. The molecular formula is C17H14F3N5O. The van der Waals surface area contributed by atoms with Gasteiger partial charge in [0.1, 0.15) is 5.52 Å². The van der Waals surface area contributed by atoms with Crippen molar-refractivity contribution >= 4 is 22.9 Å². The summed E-state index contributed by atoms with van der Waals surface area (Å²) in [4.78, 5) is 19.9. The van der Waals surface area contributed by atoms with Crippen LogP contribution >= 0.6 is 0 Å². The van der Waals surface area contributed by atoms with Crippen molar-refractivity contribution in [3.05, 3.63) is 59.9 Å². The second-order valence-corrected chi connectivity index (χ2v) is 5.56. The van der Waals surface area contributed by atoms with E-state index in [1.807, 2.05) is 0 Å². The topological polar surface area (TPSA) is 72.7 Å². The van der Waals surface area contributed by atoms with E-state index in [9.17, 15) is 18.0 Å². The number of nitrogens with one attached hydrogen (secondary N) is 1. The number of nitrogens with zero attached hydrogens (tertiary/aromatic N) is 4. The average Bonchev–Trinajstić information content (AvgIpc) is 2.90. The Balaban J connectivity index is 1.89. The van der Waals surface area contributed by atoms with Crippen molar-refractivity contribution in [2.24, 2.45) is 0 Å². The van der Waals surface area contributed by atoms with Gasteiger partial charge in [-0.2, -0.15) is 18.3 Å². The summed E-state index contributed by atoms with van der Waals surface area (Å²) in [5.74, 6) is -0.145. The Kier molecular flexibility index (Phi) is 4.45. The fraction of sp³-hybridized carbons (Fsp3) is 0.176. The quantitative estimate of drug-likeness (QED) is 0.724. The fourth-order valence-electron chi connectivity index (χ4n) is 2.41. The number of amides is 1. The maximum absolute atomic E-state index is 12.6. The summed E-state index contributed by atoms with van der Waals surface area (Å²) >= 11 is 0. The predicted octanol–water partition coefficient (Wildman–Crippen LogP) is 3.33. The molecule has 0 spiro atoms. The van der Waals surface area contributed by atoms with Gasteiger partial charge in [0.25, 0.3) is 0 Å². The molecule has 134 valence electrons. The third kappa shape index (κ3) is 3.56. The molecule has 9 heteroatoms. The Labute approximate surface area is 146 Å². The number of aryl methyl sites for hydroxylation is 1. The Bertz CT molecular complexity index is 976. The number of benzene rings is 1. The van der Waals surface area contributed by atoms with Crippen LogP contribution in [0, 0.1) is 6.92 Å². The Morgan fingerprint density at radius 3 is 2.62 bits per heavy atom. The highest BCUT2D eigenvalue weighted by Crippen LogP contribution is 2.29. The van der Waals surface area contributed by atoms with E-state index >= 15 is 0 Å². The van der Waals surface area contributed by atoms with Gasteiger partial charge in [-0.15, -0.1) is 0 Å². The molecular weight excluding hydrogens is 347 g/mol. The number of fused-ring (bicyclic) bond motifs is 1. The van der Waals surface area contributed by atoms with E-state index in [1.54, 1.807) is 11.6 Å². The largest absolute Gasteiger partial charge is 0.416 e. The van der Waals surface area contributed by atoms with Crippen molar-refractivity contribution in [2.45, 2.75) is 19.6 Å². The summed E-state index contributed by atoms with van der Waals surface area (Å²) in [6.45, 7) is 5.34. The fourth-order valence-corrected chi connectivity index (χ4v) is 2.41. The highest BCUT2D eigenvalue weighted by Gasteiger charge is 2.29. The first-order valence-corrected chi connectivity index (χ1v) is 7.57. The van der Waals surface area contributed by atoms with Crippen LogP contribution in [0.25, 0.3) is 11.2 Å². The van der Waals surface area contributed by atoms with Crippen LogP contribution in [0.5, 0.6) is 0 Å². The van der Waals surface area contributed by atoms with Gasteiger partial charge in [-0.3, -0.25) is 4.79 Å². The molecule has 0 atom stereocenters. The van der Waals surface area contributed by atoms with E-state index in [-0.39, 0.29) is 12.4 Å². The Morgan fingerprint density at radius 2 is 2.00 bits per heavy atom. The summed E-state index contributed by atoms with van der Waals surface area (Å²) in [6.07, 6.45) is -1.87. The minimum atomic E-state index is -4.37. The van der Waals surface area contributed by atoms with Crippen LogP contribution in [0.3, 0.4) is 0 Å². The molecule has 0 unspecified atom stereocenters. The van der Waals surface area contributed by atoms with Crippen molar-refractivity contribution in [1.29, 1.82) is 0 Å². The van der Waals surface area contributed by atoms with Gasteiger partial charge >= 0.3 is 6.18 Å². The lowest BCUT2D eigenvalue weighted by molar-refractivity contribution is -0.137. The van der Waals surface area contributed by atoms with E-state index in [0.29, 0.717) is 22.4 Å². The highest BCUT2D eigenvalue weighted by atomic mass is 19.4. The first-order chi connectivity index (χ1) is 12.3. The van der Waals surface area contributed by atoms with E-state index < -0.39 is 17.6 Å². The van der Waals surface area contributed by atoms with Crippen molar-refractivity contribution in [2.75, 3.05) is 5.32 Å². The molecule has 0 fully saturated rings. The molecule has 1 N–H and O–H groups in total. The molecule has 0 bridgehead atoms. The number of carbonyl (C=O) groups is 1. The standard InChI is InChI=1S/C17H14F3N5O/c1-3-14(26)22-13-8-21-16-15(23-13)10(2)24-25(16)9-11-4-6-12(7-5-11)17(18,19)20/h3-8H,1,9H2,2H3,(H,22,23,26). The first kappa shape index (κ1) is 17.6. The third-order valence-electron chi connectivity index (χ3n) is 3.66. The van der Waals surface area contributed by atoms with Crippen LogP contribution in [-0.4, -0.2) is 25.7 Å². The zero-order valence-corrected chi connectivity index (χ0v) is 13.7. The van der Waals surface area contributed by atoms with Gasteiger partial charge in [0.15, 0.2) is 11.5 Å². The van der Waals surface area contributed by atoms with E-state index in [2.05, 4.69) is 27.0 Å². The molecule has 6 nitrogen and oxygen atoms in total. The average molecular weight is 361 g/mol. The number of hydrogen-bond donors (Lipinski definition) is 1. The van der Waals surface area contributed by atoms with Crippen LogP contribution < -0.4 is 5.32 Å². The molecule has 0 radical (unpaired) electrons. The molecule has 3 rings (SSSR count). The van der Waals surface area contributed by atoms with Gasteiger partial charge in [-0.05, 0) is 30.7 Å². The molecule has 3 aromatic rings. The normalized spacial score (nSPS) is 11.5. The van der Waals surface area contributed by atoms with Crippen LogP contribution in [0.2, 0.25) is 0 Å². The summed E-state index contributed by atoms with van der Waals surface area (Å²) in [6, 6.07) is 4.86. The third-order valence-corrected chi connectivity index (χ3v) is 3.66. The van der Waals surface area contributed by atoms with E-state index in [0.717, 1.165) is 18.2 Å². The number of carbonyl (C=O) groups excluding carboxylic acids is 1. The van der Waals surface area contributed by atoms with Gasteiger partial charge in [-0.1, -0.05) is 18.7 Å². The van der Waals surface area contributed by atoms with Gasteiger partial charge in [-0.25, -0.2) is 14.6 Å². The van der Waals surface area contributed by atoms with E-state index in [1.165, 1.54) is 18.3 Å². The van der Waals surface area contributed by atoms with Crippen LogP contribution in [-0.2, 0) is 17.5 Å². The summed E-state index contributed by atoms with van der Waals surface area (Å²) < 4.78 is 39.5. The lowest BCUT2D eigenvalue weighted by atomic mass is 10.1. The first-order valence-electron chi connectivity index (χ1n) is 7.57. The molecule has 0 saturated heterocycles. The second-order valence-electron chi connectivity index (χ2n) is 5.56. The lowest BCUT2D eigenvalue weighted by Gasteiger charge is -2.08. The number of hydrogen-bond acceptors (Lipinski definition) is 4. The highest BCUT2D eigenvalue weighted by molar-refractivity contribution is 5.98. The molecule has 0 aliphatic carbocycles. The van der Waals surface area contributed by atoms with Crippen molar-refractivity contribution in [1.82, 2.24) is 19.7 Å². The molecule has 2 aromatic heterocycles. The monoisotopic (exact) mass is 361 g/mol. The lowest BCUT2D eigenvalue weighted by Crippen LogP contribution is -2.09. The van der Waals surface area contributed by atoms with Crippen molar-refractivity contribution in [3.8, 4) is 0 Å². The molecule has 1 amide bonds. The van der Waals surface area contributed by atoms with Crippen LogP contribution in [0.15, 0.2) is 43.1 Å². The molecule has 1 aromatic carbocycles. The number of aromatic nitrogens is 4. The van der Waals surface area contributed by atoms with Gasteiger partial charge in [0, 0.05) is 0 Å². The van der Waals surface area contributed by atoms with Crippen molar-refractivity contribution < 1.29 is 18.0 Å². The number of alkyl halides is 3. The number of rotatable bonds is 4. The van der Waals surface area contributed by atoms with Crippen LogP contribution in [0.4, 0.5) is 19.0 Å². The van der Waals surface area contributed by atoms with Gasteiger partial charge < -0.3 is 5.32 Å². The number of halogens is 3. The summed E-state index contributed by atoms with van der Waals surface area (Å²) in [5, 5.41) is 6.85. The smallest absolute Gasteiger partial charge is 0.306 e. The second kappa shape index (κ2) is 6.58. The summed E-state index contributed by atoms with van der Waals surface area (Å²) in [5.41, 5.74) is 1.50. The summed E-state index contributed by atoms with van der Waals surface area (Å²) in [7, 11) is 0. The molecule has 0 saturated carbocycles.